The van der Waals surface area contributed by atoms with Gasteiger partial charge in [0.1, 0.15) is 18.0 Å². The molecule has 0 atom stereocenters. The van der Waals surface area contributed by atoms with Crippen molar-refractivity contribution in [2.75, 3.05) is 35.7 Å². The molecule has 0 aliphatic heterocycles. The van der Waals surface area contributed by atoms with Crippen LogP contribution < -0.4 is 10.6 Å². The van der Waals surface area contributed by atoms with E-state index in [2.05, 4.69) is 33.8 Å². The maximum absolute atomic E-state index is 4.20. The summed E-state index contributed by atoms with van der Waals surface area (Å²) in [7, 11) is 0. The maximum Gasteiger partial charge on any atom is 0.131 e. The van der Waals surface area contributed by atoms with Crippen molar-refractivity contribution in [2.24, 2.45) is 0 Å². The van der Waals surface area contributed by atoms with E-state index in [1.165, 1.54) is 31.4 Å². The Labute approximate surface area is 114 Å². The van der Waals surface area contributed by atoms with Crippen LogP contribution in [0.25, 0.3) is 0 Å². The van der Waals surface area contributed by atoms with Crippen molar-refractivity contribution in [3.05, 3.63) is 12.4 Å². The van der Waals surface area contributed by atoms with Crippen LogP contribution in [0.2, 0.25) is 0 Å². The molecule has 0 amide bonds. The summed E-state index contributed by atoms with van der Waals surface area (Å²) < 4.78 is 0. The highest BCUT2D eigenvalue weighted by molar-refractivity contribution is 7.98. The number of nitrogens with zero attached hydrogens (tertiary/aromatic N) is 2. The fourth-order valence-corrected chi connectivity index (χ4v) is 2.17. The first-order chi connectivity index (χ1) is 8.86. The molecule has 0 spiro atoms. The summed E-state index contributed by atoms with van der Waals surface area (Å²) in [4.78, 5) is 8.35. The monoisotopic (exact) mass is 268 g/mol. The van der Waals surface area contributed by atoms with E-state index in [0.29, 0.717) is 0 Å². The summed E-state index contributed by atoms with van der Waals surface area (Å²) in [5.41, 5.74) is 0. The zero-order chi connectivity index (χ0) is 13.1. The molecule has 0 unspecified atom stereocenters. The second-order valence-corrected chi connectivity index (χ2v) is 5.14. The van der Waals surface area contributed by atoms with Gasteiger partial charge in [0.05, 0.1) is 0 Å². The van der Waals surface area contributed by atoms with E-state index < -0.39 is 0 Å². The summed E-state index contributed by atoms with van der Waals surface area (Å²) in [5, 5.41) is 6.52. The van der Waals surface area contributed by atoms with Gasteiger partial charge in [0.15, 0.2) is 0 Å². The Bertz CT molecular complexity index is 320. The number of anilines is 2. The fourth-order valence-electron chi connectivity index (χ4n) is 1.67. The molecule has 5 heteroatoms. The van der Waals surface area contributed by atoms with Crippen molar-refractivity contribution < 1.29 is 0 Å². The number of thioether (sulfide) groups is 1. The van der Waals surface area contributed by atoms with Gasteiger partial charge in [-0.05, 0) is 31.8 Å². The molecule has 1 rings (SSSR count). The number of unbranched alkanes of at least 4 members (excludes halogenated alkanes) is 3. The van der Waals surface area contributed by atoms with Crippen LogP contribution in [0.15, 0.2) is 12.4 Å². The summed E-state index contributed by atoms with van der Waals surface area (Å²) in [6, 6.07) is 1.96. The molecule has 0 saturated carbocycles. The number of hydrogen-bond acceptors (Lipinski definition) is 5. The maximum atomic E-state index is 4.20. The first kappa shape index (κ1) is 15.1. The lowest BCUT2D eigenvalue weighted by atomic mass is 10.2. The van der Waals surface area contributed by atoms with Crippen LogP contribution in [0, 0.1) is 0 Å². The van der Waals surface area contributed by atoms with Crippen molar-refractivity contribution >= 4 is 23.4 Å². The van der Waals surface area contributed by atoms with Crippen LogP contribution >= 0.6 is 11.8 Å². The summed E-state index contributed by atoms with van der Waals surface area (Å²) in [6.07, 6.45) is 8.92. The summed E-state index contributed by atoms with van der Waals surface area (Å²) in [5.74, 6) is 3.07. The van der Waals surface area contributed by atoms with Gasteiger partial charge in [-0.25, -0.2) is 9.97 Å². The topological polar surface area (TPSA) is 49.8 Å². The van der Waals surface area contributed by atoms with Crippen molar-refractivity contribution in [1.82, 2.24) is 9.97 Å². The van der Waals surface area contributed by atoms with E-state index in [0.717, 1.165) is 24.7 Å². The molecule has 4 nitrogen and oxygen atoms in total. The molecule has 2 N–H and O–H groups in total. The van der Waals surface area contributed by atoms with Crippen LogP contribution in [-0.2, 0) is 0 Å². The molecule has 0 saturated heterocycles. The van der Waals surface area contributed by atoms with Gasteiger partial charge in [-0.15, -0.1) is 0 Å². The zero-order valence-electron chi connectivity index (χ0n) is 11.4. The van der Waals surface area contributed by atoms with E-state index in [4.69, 9.17) is 0 Å². The van der Waals surface area contributed by atoms with Gasteiger partial charge < -0.3 is 10.6 Å². The van der Waals surface area contributed by atoms with Crippen LogP contribution in [-0.4, -0.2) is 35.1 Å². The number of aromatic nitrogens is 2. The van der Waals surface area contributed by atoms with Crippen molar-refractivity contribution in [2.45, 2.75) is 32.6 Å². The van der Waals surface area contributed by atoms with E-state index in [1.807, 2.05) is 17.8 Å². The van der Waals surface area contributed by atoms with Crippen molar-refractivity contribution in [3.63, 3.8) is 0 Å². The van der Waals surface area contributed by atoms with E-state index in [-0.39, 0.29) is 0 Å². The number of rotatable bonds is 10. The minimum Gasteiger partial charge on any atom is -0.370 e. The normalized spacial score (nSPS) is 10.3. The fraction of sp³-hybridized carbons (Fsp3) is 0.692. The Morgan fingerprint density at radius 2 is 1.78 bits per heavy atom. The number of nitrogens with one attached hydrogen (secondary N) is 2. The molecule has 18 heavy (non-hydrogen) atoms. The van der Waals surface area contributed by atoms with Gasteiger partial charge in [-0.3, -0.25) is 0 Å². The Morgan fingerprint density at radius 1 is 1.06 bits per heavy atom. The van der Waals surface area contributed by atoms with E-state index >= 15 is 0 Å². The average Bonchev–Trinajstić information content (AvgIpc) is 2.39. The lowest BCUT2D eigenvalue weighted by molar-refractivity contribution is 0.688. The average molecular weight is 268 g/mol. The third kappa shape index (κ3) is 6.69. The largest absolute Gasteiger partial charge is 0.370 e. The molecular weight excluding hydrogens is 244 g/mol. The summed E-state index contributed by atoms with van der Waals surface area (Å²) in [6.45, 7) is 3.93. The molecule has 0 fully saturated rings. The lowest BCUT2D eigenvalue weighted by Crippen LogP contribution is -2.05. The molecule has 102 valence electrons. The van der Waals surface area contributed by atoms with Crippen LogP contribution in [0.3, 0.4) is 0 Å². The molecule has 1 aromatic rings. The van der Waals surface area contributed by atoms with Crippen LogP contribution in [0.5, 0.6) is 0 Å². The second-order valence-electron chi connectivity index (χ2n) is 4.15. The highest BCUT2D eigenvalue weighted by Gasteiger charge is 1.97. The third-order valence-electron chi connectivity index (χ3n) is 2.61. The molecule has 0 aliphatic rings. The third-order valence-corrected chi connectivity index (χ3v) is 3.30. The van der Waals surface area contributed by atoms with Crippen molar-refractivity contribution in [1.29, 1.82) is 0 Å². The van der Waals surface area contributed by atoms with Gasteiger partial charge in [0.2, 0.25) is 0 Å². The van der Waals surface area contributed by atoms with Gasteiger partial charge in [0, 0.05) is 19.2 Å². The Morgan fingerprint density at radius 3 is 2.50 bits per heavy atom. The standard InChI is InChI=1S/C13H24N4S/c1-3-14-12-10-13(17-11-16-12)15-8-6-4-5-7-9-18-2/h10-11H,3-9H2,1-2H3,(H2,14,15,16,17). The Hall–Kier alpha value is -0.970. The molecular formula is C13H24N4S. The van der Waals surface area contributed by atoms with E-state index in [1.54, 1.807) is 6.33 Å². The molecule has 1 aromatic heterocycles. The van der Waals surface area contributed by atoms with Crippen LogP contribution in [0.1, 0.15) is 32.6 Å². The minimum absolute atomic E-state index is 0.881. The molecule has 0 radical (unpaired) electrons. The Balaban J connectivity index is 2.13. The number of hydrogen-bond donors (Lipinski definition) is 2. The molecule has 0 aromatic carbocycles. The minimum atomic E-state index is 0.881. The quantitative estimate of drug-likeness (QED) is 0.638. The van der Waals surface area contributed by atoms with Crippen molar-refractivity contribution in [3.8, 4) is 0 Å². The highest BCUT2D eigenvalue weighted by atomic mass is 32.2. The molecule has 1 heterocycles. The molecule has 0 aliphatic carbocycles. The highest BCUT2D eigenvalue weighted by Crippen LogP contribution is 2.09. The van der Waals surface area contributed by atoms with E-state index in [9.17, 15) is 0 Å². The lowest BCUT2D eigenvalue weighted by Gasteiger charge is -2.07. The summed E-state index contributed by atoms with van der Waals surface area (Å²) >= 11 is 1.93. The first-order valence-electron chi connectivity index (χ1n) is 6.65. The predicted octanol–water partition coefficient (Wildman–Crippen LogP) is 3.24. The van der Waals surface area contributed by atoms with Gasteiger partial charge in [0.25, 0.3) is 0 Å². The zero-order valence-corrected chi connectivity index (χ0v) is 12.2. The SMILES string of the molecule is CCNc1cc(NCCCCCCSC)ncn1. The van der Waals surface area contributed by atoms with Gasteiger partial charge >= 0.3 is 0 Å². The predicted molar refractivity (Wildman–Crippen MR) is 81.5 cm³/mol. The van der Waals surface area contributed by atoms with Gasteiger partial charge in [-0.1, -0.05) is 12.8 Å². The second kappa shape index (κ2) is 10.00. The van der Waals surface area contributed by atoms with Crippen LogP contribution in [0.4, 0.5) is 11.6 Å². The molecule has 0 bridgehead atoms. The first-order valence-corrected chi connectivity index (χ1v) is 8.05. The smallest absolute Gasteiger partial charge is 0.131 e. The Kier molecular flexibility index (Phi) is 8.38. The van der Waals surface area contributed by atoms with Gasteiger partial charge in [-0.2, -0.15) is 11.8 Å².